The van der Waals surface area contributed by atoms with Gasteiger partial charge < -0.3 is 38.9 Å². The van der Waals surface area contributed by atoms with Crippen molar-refractivity contribution in [3.8, 4) is 29.3 Å². The molecule has 20 heteroatoms. The molecule has 0 saturated heterocycles. The molecule has 0 radical (unpaired) electrons. The Hall–Kier alpha value is -8.94. The molecule has 8 aromatic heterocycles. The summed E-state index contributed by atoms with van der Waals surface area (Å²) in [5.41, 5.74) is 11.6. The monoisotopic (exact) mass is 1010 g/mol. The van der Waals surface area contributed by atoms with Gasteiger partial charge in [-0.25, -0.2) is 39.9 Å². The van der Waals surface area contributed by atoms with E-state index in [1.54, 1.807) is 25.3 Å². The van der Waals surface area contributed by atoms with Crippen LogP contribution >= 0.6 is 0 Å². The summed E-state index contributed by atoms with van der Waals surface area (Å²) >= 11 is 0. The van der Waals surface area contributed by atoms with Gasteiger partial charge in [0.25, 0.3) is 0 Å². The van der Waals surface area contributed by atoms with Gasteiger partial charge in [-0.2, -0.15) is 19.9 Å². The van der Waals surface area contributed by atoms with Crippen LogP contribution in [0.2, 0.25) is 0 Å². The second-order valence-electron chi connectivity index (χ2n) is 18.4. The van der Waals surface area contributed by atoms with E-state index in [4.69, 9.17) is 18.9 Å². The molecule has 8 heterocycles. The number of ether oxygens (including phenoxy) is 4. The molecule has 386 valence electrons. The molecule has 0 aliphatic rings. The highest BCUT2D eigenvalue weighted by atomic mass is 16.5. The number of aromatic nitrogens is 16. The summed E-state index contributed by atoms with van der Waals surface area (Å²) in [6, 6.07) is 24.5. The molecule has 11 rings (SSSR count). The number of unbranched alkanes of at least 4 members (excludes halogenated alkanes) is 1. The van der Waals surface area contributed by atoms with Crippen molar-refractivity contribution in [1.29, 1.82) is 0 Å². The first-order chi connectivity index (χ1) is 36.6. The number of nitrogens with zero attached hydrogens (tertiary/aromatic N) is 12. The van der Waals surface area contributed by atoms with Gasteiger partial charge in [-0.15, -0.1) is 0 Å². The van der Waals surface area contributed by atoms with Crippen LogP contribution < -0.4 is 18.9 Å². The van der Waals surface area contributed by atoms with Crippen LogP contribution in [0, 0.1) is 12.8 Å². The summed E-state index contributed by atoms with van der Waals surface area (Å²) in [6.07, 6.45) is 18.1. The third-order valence-electron chi connectivity index (χ3n) is 12.1. The Bertz CT molecular complexity index is 3480. The van der Waals surface area contributed by atoms with Crippen molar-refractivity contribution >= 4 is 44.7 Å². The van der Waals surface area contributed by atoms with Crippen molar-refractivity contribution < 1.29 is 18.9 Å². The van der Waals surface area contributed by atoms with Crippen molar-refractivity contribution in [3.63, 3.8) is 0 Å². The number of H-pyrrole nitrogens is 4. The van der Waals surface area contributed by atoms with Gasteiger partial charge >= 0.3 is 0 Å². The quantitative estimate of drug-likeness (QED) is 0.0702. The van der Waals surface area contributed by atoms with Crippen molar-refractivity contribution in [2.24, 2.45) is 5.92 Å². The second-order valence-corrected chi connectivity index (χ2v) is 18.4. The van der Waals surface area contributed by atoms with E-state index in [-0.39, 0.29) is 5.41 Å². The smallest absolute Gasteiger partial charge is 0.248 e. The van der Waals surface area contributed by atoms with Gasteiger partial charge in [0.1, 0.15) is 66.3 Å². The SMILES string of the molecule is CC(C)(C)c1ccc(Oc2ncnc3nc[nH]c23)cc1.CCCCC(CC)COc1ncnc2nc[nH]c12.CCc1ccc(COc2ncnc3nc[nH]c23)cc1.Cc1ccccc1COc1ncnc2nc[nH]c12. The maximum absolute atomic E-state index is 5.81. The molecule has 3 aromatic carbocycles. The molecule has 75 heavy (non-hydrogen) atoms. The minimum absolute atomic E-state index is 0.129. The number of hydrogen-bond donors (Lipinski definition) is 4. The number of benzene rings is 3. The number of fused-ring (bicyclic) bond motifs is 4. The lowest BCUT2D eigenvalue weighted by atomic mass is 9.87. The predicted octanol–water partition coefficient (Wildman–Crippen LogP) is 11.1. The maximum Gasteiger partial charge on any atom is 0.248 e. The first-order valence-electron chi connectivity index (χ1n) is 24.9. The molecule has 0 spiro atoms. The molecule has 0 aliphatic heterocycles. The van der Waals surface area contributed by atoms with E-state index in [1.807, 2.05) is 30.3 Å². The van der Waals surface area contributed by atoms with E-state index in [0.717, 1.165) is 46.3 Å². The van der Waals surface area contributed by atoms with Gasteiger partial charge in [0, 0.05) is 0 Å². The molecule has 1 atom stereocenters. The zero-order chi connectivity index (χ0) is 52.4. The number of aromatic amines is 4. The normalized spacial score (nSPS) is 11.5. The van der Waals surface area contributed by atoms with Crippen LogP contribution in [0.25, 0.3) is 44.7 Å². The molecule has 0 saturated carbocycles. The van der Waals surface area contributed by atoms with Crippen LogP contribution in [0.4, 0.5) is 0 Å². The first kappa shape index (κ1) is 52.4. The number of rotatable bonds is 16. The highest BCUT2D eigenvalue weighted by Crippen LogP contribution is 2.29. The highest BCUT2D eigenvalue weighted by molar-refractivity contribution is 5.77. The van der Waals surface area contributed by atoms with Gasteiger partial charge in [-0.05, 0) is 71.0 Å². The van der Waals surface area contributed by atoms with Gasteiger partial charge in [0.15, 0.2) is 22.6 Å². The minimum Gasteiger partial charge on any atom is -0.476 e. The lowest BCUT2D eigenvalue weighted by Crippen LogP contribution is -2.12. The Kier molecular flexibility index (Phi) is 17.9. The van der Waals surface area contributed by atoms with E-state index in [1.165, 1.54) is 61.3 Å². The molecule has 20 nitrogen and oxygen atoms in total. The lowest BCUT2D eigenvalue weighted by molar-refractivity contribution is 0.228. The van der Waals surface area contributed by atoms with Crippen LogP contribution in [0.5, 0.6) is 29.3 Å². The third kappa shape index (κ3) is 14.2. The van der Waals surface area contributed by atoms with Crippen molar-refractivity contribution in [3.05, 3.63) is 151 Å². The summed E-state index contributed by atoms with van der Waals surface area (Å²) in [7, 11) is 0. The molecule has 0 amide bonds. The topological polar surface area (TPSA) is 255 Å². The summed E-state index contributed by atoms with van der Waals surface area (Å²) < 4.78 is 23.0. The van der Waals surface area contributed by atoms with Gasteiger partial charge in [-0.1, -0.05) is 121 Å². The van der Waals surface area contributed by atoms with Crippen LogP contribution in [0.3, 0.4) is 0 Å². The van der Waals surface area contributed by atoms with Crippen LogP contribution in [0.15, 0.2) is 123 Å². The second kappa shape index (κ2) is 25.6. The molecular weight excluding hydrogens is 949 g/mol. The minimum atomic E-state index is 0.129. The van der Waals surface area contributed by atoms with Gasteiger partial charge in [-0.3, -0.25) is 0 Å². The van der Waals surface area contributed by atoms with Gasteiger partial charge in [0.05, 0.1) is 31.9 Å². The predicted molar refractivity (Wildman–Crippen MR) is 286 cm³/mol. The van der Waals surface area contributed by atoms with E-state index in [2.05, 4.69) is 171 Å². The van der Waals surface area contributed by atoms with Crippen molar-refractivity contribution in [2.45, 2.75) is 99.2 Å². The van der Waals surface area contributed by atoms with E-state index in [0.29, 0.717) is 77.4 Å². The average Bonchev–Trinajstić information content (AvgIpc) is 4.30. The van der Waals surface area contributed by atoms with Crippen LogP contribution in [-0.4, -0.2) is 86.4 Å². The molecule has 11 aromatic rings. The molecule has 0 fully saturated rings. The number of nitrogens with one attached hydrogen (secondary N) is 4. The standard InChI is InChI=1S/C15H16N4O.C14H14N4O.C13H12N4O.C13H20N4O/c1-15(2,3)10-4-6-11(7-5-10)20-14-12-13(17-8-16-12)18-9-19-14;1-2-10-3-5-11(6-4-10)7-19-14-12-13(16-8-15-12)17-9-18-14;1-9-4-2-3-5-10(9)6-18-13-11-12(15-7-14-11)16-8-17-13;1-3-5-6-10(4-2)7-18-13-11-12(15-8-14-11)16-9-17-13/h4-9H,1-3H3,(H,16,17,18,19);3-6,8-9H,2,7H2,1H3,(H,15,16,17,18);2-5,7-8H,6H2,1H3,(H,14,15,16,17);8-10H,3-7H2,1-2H3,(H,14,15,16,17). The summed E-state index contributed by atoms with van der Waals surface area (Å²) in [5, 5.41) is 0. The first-order valence-corrected chi connectivity index (χ1v) is 24.9. The van der Waals surface area contributed by atoms with Crippen LogP contribution in [-0.2, 0) is 25.0 Å². The zero-order valence-electron chi connectivity index (χ0n) is 43.3. The summed E-state index contributed by atoms with van der Waals surface area (Å²) in [4.78, 5) is 61.0. The zero-order valence-corrected chi connectivity index (χ0v) is 43.3. The highest BCUT2D eigenvalue weighted by Gasteiger charge is 2.15. The van der Waals surface area contributed by atoms with Crippen molar-refractivity contribution in [2.75, 3.05) is 6.61 Å². The fraction of sp³-hybridized carbons (Fsp3) is 0.309. The number of hydrogen-bond acceptors (Lipinski definition) is 16. The third-order valence-corrected chi connectivity index (χ3v) is 12.1. The Balaban J connectivity index is 0.000000133. The van der Waals surface area contributed by atoms with Gasteiger partial charge in [0.2, 0.25) is 23.5 Å². The Morgan fingerprint density at radius 1 is 0.493 bits per heavy atom. The fourth-order valence-corrected chi connectivity index (χ4v) is 7.55. The molecule has 1 unspecified atom stereocenters. The molecule has 0 aliphatic carbocycles. The number of imidazole rings is 4. The molecule has 0 bridgehead atoms. The van der Waals surface area contributed by atoms with E-state index >= 15 is 0 Å². The number of aryl methyl sites for hydroxylation is 2. The van der Waals surface area contributed by atoms with E-state index < -0.39 is 0 Å². The lowest BCUT2D eigenvalue weighted by Gasteiger charge is -2.19. The Morgan fingerprint density at radius 2 is 0.960 bits per heavy atom. The average molecular weight is 1010 g/mol. The Labute approximate surface area is 434 Å². The maximum atomic E-state index is 5.81. The van der Waals surface area contributed by atoms with Crippen molar-refractivity contribution in [1.82, 2.24) is 79.7 Å². The van der Waals surface area contributed by atoms with Crippen LogP contribution in [0.1, 0.15) is 95.0 Å². The largest absolute Gasteiger partial charge is 0.476 e. The van der Waals surface area contributed by atoms with E-state index in [9.17, 15) is 0 Å². The summed E-state index contributed by atoms with van der Waals surface area (Å²) in [6.45, 7) is 16.8. The molecule has 4 N–H and O–H groups in total. The Morgan fingerprint density at radius 3 is 1.44 bits per heavy atom. The fourth-order valence-electron chi connectivity index (χ4n) is 7.55. The summed E-state index contributed by atoms with van der Waals surface area (Å²) in [5.74, 6) is 3.48. The molecular formula is C55H62N16O4.